The molecule has 0 saturated carbocycles. The Morgan fingerprint density at radius 1 is 1.06 bits per heavy atom. The van der Waals surface area contributed by atoms with Crippen LogP contribution < -0.4 is 10.2 Å². The average Bonchev–Trinajstić information content (AvgIpc) is 3.09. The molecular formula is C27H31FN2O4. The number of rotatable bonds is 10. The van der Waals surface area contributed by atoms with Gasteiger partial charge in [0.25, 0.3) is 5.91 Å². The molecular weight excluding hydrogens is 435 g/mol. The number of benzene rings is 2. The number of unbranched alkanes of at least 4 members (excludes halogenated alkanes) is 2. The van der Waals surface area contributed by atoms with E-state index in [-0.39, 0.29) is 33.6 Å². The molecule has 1 aliphatic heterocycles. The second kappa shape index (κ2) is 10.4. The Morgan fingerprint density at radius 3 is 2.53 bits per heavy atom. The molecule has 1 unspecified atom stereocenters. The number of fused-ring (bicyclic) bond motifs is 2. The predicted molar refractivity (Wildman–Crippen MR) is 130 cm³/mol. The molecule has 6 nitrogen and oxygen atoms in total. The third-order valence-corrected chi connectivity index (χ3v) is 6.14. The van der Waals surface area contributed by atoms with Crippen LogP contribution in [-0.4, -0.2) is 49.5 Å². The Hall–Kier alpha value is -3.19. The van der Waals surface area contributed by atoms with Gasteiger partial charge in [0.05, 0.1) is 23.6 Å². The molecule has 0 radical (unpaired) electrons. The second-order valence-corrected chi connectivity index (χ2v) is 9.00. The number of hydrogen-bond acceptors (Lipinski definition) is 5. The Morgan fingerprint density at radius 2 is 1.82 bits per heavy atom. The topological polar surface area (TPSA) is 63.0 Å². The van der Waals surface area contributed by atoms with Gasteiger partial charge in [-0.1, -0.05) is 31.9 Å². The number of carbonyl (C=O) groups is 1. The summed E-state index contributed by atoms with van der Waals surface area (Å²) < 4.78 is 25.6. The van der Waals surface area contributed by atoms with Gasteiger partial charge in [0.15, 0.2) is 5.43 Å². The highest BCUT2D eigenvalue weighted by Crippen LogP contribution is 2.38. The number of carbonyl (C=O) groups excluding carboxylic acids is 1. The van der Waals surface area contributed by atoms with Crippen LogP contribution in [0.1, 0.15) is 60.3 Å². The zero-order valence-corrected chi connectivity index (χ0v) is 20.0. The van der Waals surface area contributed by atoms with Crippen molar-refractivity contribution >= 4 is 16.9 Å². The van der Waals surface area contributed by atoms with E-state index in [1.54, 1.807) is 4.90 Å². The van der Waals surface area contributed by atoms with Crippen molar-refractivity contribution in [2.75, 3.05) is 33.8 Å². The van der Waals surface area contributed by atoms with Gasteiger partial charge in [0.2, 0.25) is 5.76 Å². The highest BCUT2D eigenvalue weighted by atomic mass is 19.1. The van der Waals surface area contributed by atoms with Crippen LogP contribution >= 0.6 is 0 Å². The van der Waals surface area contributed by atoms with Crippen molar-refractivity contribution in [2.24, 2.45) is 0 Å². The Kier molecular flexibility index (Phi) is 7.32. The molecule has 180 valence electrons. The first kappa shape index (κ1) is 24.0. The minimum Gasteiger partial charge on any atom is -0.494 e. The van der Waals surface area contributed by atoms with E-state index >= 15 is 0 Å². The fourth-order valence-electron chi connectivity index (χ4n) is 4.42. The molecule has 0 N–H and O–H groups in total. The van der Waals surface area contributed by atoms with E-state index in [2.05, 4.69) is 6.92 Å². The molecule has 1 atom stereocenters. The number of hydrogen-bond donors (Lipinski definition) is 0. The van der Waals surface area contributed by atoms with Crippen LogP contribution in [0.15, 0.2) is 51.7 Å². The lowest BCUT2D eigenvalue weighted by Gasteiger charge is -2.26. The summed E-state index contributed by atoms with van der Waals surface area (Å²) in [4.78, 5) is 30.6. The van der Waals surface area contributed by atoms with Gasteiger partial charge in [-0.3, -0.25) is 9.59 Å². The summed E-state index contributed by atoms with van der Waals surface area (Å²) in [7, 11) is 3.95. The molecule has 7 heteroatoms. The van der Waals surface area contributed by atoms with Gasteiger partial charge in [-0.25, -0.2) is 4.39 Å². The smallest absolute Gasteiger partial charge is 0.290 e. The minimum atomic E-state index is -0.595. The summed E-state index contributed by atoms with van der Waals surface area (Å²) in [5.74, 6) is -0.0509. The van der Waals surface area contributed by atoms with Crippen LogP contribution in [0.4, 0.5) is 4.39 Å². The molecule has 34 heavy (non-hydrogen) atoms. The molecule has 0 fully saturated rings. The molecule has 3 aromatic rings. The third kappa shape index (κ3) is 4.85. The van der Waals surface area contributed by atoms with Crippen molar-refractivity contribution in [3.8, 4) is 5.75 Å². The van der Waals surface area contributed by atoms with Gasteiger partial charge in [0.1, 0.15) is 17.1 Å². The van der Waals surface area contributed by atoms with E-state index in [1.807, 2.05) is 43.3 Å². The van der Waals surface area contributed by atoms with Crippen LogP contribution in [0.3, 0.4) is 0 Å². The first-order valence-corrected chi connectivity index (χ1v) is 11.9. The van der Waals surface area contributed by atoms with E-state index in [0.29, 0.717) is 13.2 Å². The van der Waals surface area contributed by atoms with Gasteiger partial charge in [-0.15, -0.1) is 0 Å². The zero-order valence-electron chi connectivity index (χ0n) is 20.0. The average molecular weight is 467 g/mol. The largest absolute Gasteiger partial charge is 0.494 e. The van der Waals surface area contributed by atoms with Crippen molar-refractivity contribution < 1.29 is 18.3 Å². The lowest BCUT2D eigenvalue weighted by atomic mass is 9.98. The molecule has 1 amide bonds. The summed E-state index contributed by atoms with van der Waals surface area (Å²) in [6.45, 7) is 4.06. The van der Waals surface area contributed by atoms with Crippen LogP contribution in [-0.2, 0) is 0 Å². The minimum absolute atomic E-state index is 0.0406. The number of ether oxygens (including phenoxy) is 1. The lowest BCUT2D eigenvalue weighted by molar-refractivity contribution is 0.0722. The summed E-state index contributed by atoms with van der Waals surface area (Å²) in [5, 5.41) is 0.141. The van der Waals surface area contributed by atoms with Gasteiger partial charge < -0.3 is 19.0 Å². The molecule has 0 bridgehead atoms. The quantitative estimate of drug-likeness (QED) is 0.394. The Bertz CT molecular complexity index is 1220. The first-order chi connectivity index (χ1) is 16.4. The molecule has 0 aliphatic carbocycles. The molecule has 2 aromatic carbocycles. The summed E-state index contributed by atoms with van der Waals surface area (Å²) in [6, 6.07) is 10.7. The highest BCUT2D eigenvalue weighted by molar-refractivity contribution is 5.99. The van der Waals surface area contributed by atoms with Crippen LogP contribution in [0, 0.1) is 5.82 Å². The summed E-state index contributed by atoms with van der Waals surface area (Å²) >= 11 is 0. The molecule has 2 heterocycles. The van der Waals surface area contributed by atoms with Crippen LogP contribution in [0.25, 0.3) is 11.0 Å². The van der Waals surface area contributed by atoms with Crippen molar-refractivity contribution in [1.82, 2.24) is 9.80 Å². The van der Waals surface area contributed by atoms with E-state index in [1.165, 1.54) is 18.2 Å². The van der Waals surface area contributed by atoms with Gasteiger partial charge in [-0.2, -0.15) is 0 Å². The van der Waals surface area contributed by atoms with E-state index in [4.69, 9.17) is 9.15 Å². The van der Waals surface area contributed by atoms with Crippen molar-refractivity contribution in [3.05, 3.63) is 75.4 Å². The molecule has 1 aromatic heterocycles. The standard InChI is InChI=1S/C27H31FN2O4/c1-4-5-6-16-33-20-11-8-18(9-12-20)24-23-25(31)21-17-19(28)10-13-22(21)34-26(23)27(32)30(24)15-7-14-29(2)3/h8-13,17,24H,4-7,14-16H2,1-3H3. The third-order valence-electron chi connectivity index (χ3n) is 6.14. The Labute approximate surface area is 198 Å². The van der Waals surface area contributed by atoms with Crippen molar-refractivity contribution in [2.45, 2.75) is 38.6 Å². The normalized spacial score (nSPS) is 15.4. The summed E-state index contributed by atoms with van der Waals surface area (Å²) in [6.07, 6.45) is 3.98. The van der Waals surface area contributed by atoms with Gasteiger partial charge in [-0.05, 0) is 69.4 Å². The van der Waals surface area contributed by atoms with Gasteiger partial charge in [0, 0.05) is 6.54 Å². The summed E-state index contributed by atoms with van der Waals surface area (Å²) in [5.41, 5.74) is 0.901. The second-order valence-electron chi connectivity index (χ2n) is 9.00. The lowest BCUT2D eigenvalue weighted by Crippen LogP contribution is -2.32. The molecule has 1 aliphatic rings. The van der Waals surface area contributed by atoms with Crippen molar-refractivity contribution in [3.63, 3.8) is 0 Å². The SMILES string of the molecule is CCCCCOc1ccc(C2c3c(oc4ccc(F)cc4c3=O)C(=O)N2CCCN(C)C)cc1. The van der Waals surface area contributed by atoms with E-state index in [9.17, 15) is 14.0 Å². The van der Waals surface area contributed by atoms with Crippen LogP contribution in [0.2, 0.25) is 0 Å². The van der Waals surface area contributed by atoms with Crippen molar-refractivity contribution in [1.29, 1.82) is 0 Å². The fourth-order valence-corrected chi connectivity index (χ4v) is 4.42. The molecule has 0 spiro atoms. The molecule has 4 rings (SSSR count). The van der Waals surface area contributed by atoms with E-state index < -0.39 is 11.9 Å². The monoisotopic (exact) mass is 466 g/mol. The predicted octanol–water partition coefficient (Wildman–Crippen LogP) is 5.00. The number of amides is 1. The first-order valence-electron chi connectivity index (χ1n) is 11.9. The van der Waals surface area contributed by atoms with Gasteiger partial charge >= 0.3 is 0 Å². The fraction of sp³-hybridized carbons (Fsp3) is 0.407. The molecule has 0 saturated heterocycles. The number of nitrogens with zero attached hydrogens (tertiary/aromatic N) is 2. The van der Waals surface area contributed by atoms with Crippen LogP contribution in [0.5, 0.6) is 5.75 Å². The highest BCUT2D eigenvalue weighted by Gasteiger charge is 2.42. The maximum Gasteiger partial charge on any atom is 0.290 e. The Balaban J connectivity index is 1.72. The zero-order chi connectivity index (χ0) is 24.2. The number of halogens is 1. The maximum atomic E-state index is 13.9. The van der Waals surface area contributed by atoms with E-state index in [0.717, 1.165) is 43.5 Å². The maximum absolute atomic E-state index is 13.9.